The Morgan fingerprint density at radius 2 is 2.09 bits per heavy atom. The van der Waals surface area contributed by atoms with Crippen molar-refractivity contribution in [3.8, 4) is 0 Å². The molecule has 0 aromatic carbocycles. The van der Waals surface area contributed by atoms with Crippen LogP contribution in [-0.2, 0) is 0 Å². The molecule has 0 fully saturated rings. The number of hydrogen-bond donors (Lipinski definition) is 1. The molecule has 1 heterocycles. The first kappa shape index (κ1) is 10.8. The minimum absolute atomic E-state index is 0. The molecule has 1 aromatic heterocycles. The van der Waals surface area contributed by atoms with Gasteiger partial charge in [0.1, 0.15) is 0 Å². The average Bonchev–Trinajstić information content (AvgIpc) is 2.11. The molecule has 1 aromatic rings. The van der Waals surface area contributed by atoms with Gasteiger partial charge in [0, 0.05) is 17.5 Å². The maximum absolute atomic E-state index is 10.4. The molecule has 0 radical (unpaired) electrons. The van der Waals surface area contributed by atoms with Gasteiger partial charge in [-0.3, -0.25) is 0 Å². The van der Waals surface area contributed by atoms with Crippen LogP contribution in [0.15, 0.2) is 6.20 Å². The van der Waals surface area contributed by atoms with Crippen LogP contribution in [0, 0.1) is 13.8 Å². The molecule has 0 saturated carbocycles. The van der Waals surface area contributed by atoms with Gasteiger partial charge in [-0.1, -0.05) is 0 Å². The summed E-state index contributed by atoms with van der Waals surface area (Å²) in [5, 5.41) is 10.4. The number of nitrogens with one attached hydrogen (secondary N) is 1. The summed E-state index contributed by atoms with van der Waals surface area (Å²) in [6, 6.07) is 0. The van der Waals surface area contributed by atoms with Crippen molar-refractivity contribution >= 4 is 5.97 Å². The molecule has 11 heavy (non-hydrogen) atoms. The zero-order chi connectivity index (χ0) is 7.72. The average molecular weight is 161 g/mol. The van der Waals surface area contributed by atoms with Crippen LogP contribution < -0.4 is 34.7 Å². The summed E-state index contributed by atoms with van der Waals surface area (Å²) in [7, 11) is 0. The first-order chi connectivity index (χ1) is 4.63. The Morgan fingerprint density at radius 3 is 2.27 bits per heavy atom. The summed E-state index contributed by atoms with van der Waals surface area (Å²) in [6.45, 7) is 3.44. The SMILES string of the molecule is Cc1c[nH]c(C)c1C(=O)[O-].[Na+]. The summed E-state index contributed by atoms with van der Waals surface area (Å²) >= 11 is 0. The van der Waals surface area contributed by atoms with Gasteiger partial charge in [0.2, 0.25) is 0 Å². The fraction of sp³-hybridized carbons (Fsp3) is 0.286. The number of rotatable bonds is 1. The van der Waals surface area contributed by atoms with Gasteiger partial charge < -0.3 is 14.9 Å². The third kappa shape index (κ3) is 2.09. The number of aryl methyl sites for hydroxylation is 2. The number of carbonyl (C=O) groups is 1. The van der Waals surface area contributed by atoms with E-state index in [1.54, 1.807) is 20.0 Å². The zero-order valence-electron chi connectivity index (χ0n) is 6.89. The van der Waals surface area contributed by atoms with Gasteiger partial charge in [-0.05, 0) is 19.4 Å². The topological polar surface area (TPSA) is 55.9 Å². The van der Waals surface area contributed by atoms with Crippen molar-refractivity contribution in [2.24, 2.45) is 0 Å². The maximum atomic E-state index is 10.4. The number of carbonyl (C=O) groups excluding carboxylic acids is 1. The number of carboxylic acid groups (broad SMARTS) is 1. The Morgan fingerprint density at radius 1 is 1.55 bits per heavy atom. The van der Waals surface area contributed by atoms with E-state index in [0.29, 0.717) is 5.69 Å². The largest absolute Gasteiger partial charge is 1.00 e. The number of carboxylic acids is 1. The van der Waals surface area contributed by atoms with E-state index in [0.717, 1.165) is 5.56 Å². The second-order valence-electron chi connectivity index (χ2n) is 2.26. The van der Waals surface area contributed by atoms with Crippen molar-refractivity contribution in [3.63, 3.8) is 0 Å². The van der Waals surface area contributed by atoms with Crippen molar-refractivity contribution in [2.45, 2.75) is 13.8 Å². The van der Waals surface area contributed by atoms with Crippen molar-refractivity contribution in [3.05, 3.63) is 23.0 Å². The van der Waals surface area contributed by atoms with Crippen LogP contribution in [0.3, 0.4) is 0 Å². The van der Waals surface area contributed by atoms with Gasteiger partial charge in [0.05, 0.1) is 5.97 Å². The van der Waals surface area contributed by atoms with Crippen LogP contribution in [0.1, 0.15) is 21.6 Å². The molecule has 0 spiro atoms. The molecule has 54 valence electrons. The van der Waals surface area contributed by atoms with Crippen molar-refractivity contribution < 1.29 is 39.5 Å². The molecule has 0 aliphatic carbocycles. The van der Waals surface area contributed by atoms with Crippen LogP contribution in [0.4, 0.5) is 0 Å². The van der Waals surface area contributed by atoms with E-state index in [1.165, 1.54) is 0 Å². The number of hydrogen-bond acceptors (Lipinski definition) is 2. The summed E-state index contributed by atoms with van der Waals surface area (Å²) in [4.78, 5) is 13.2. The van der Waals surface area contributed by atoms with E-state index in [2.05, 4.69) is 4.98 Å². The van der Waals surface area contributed by atoms with Gasteiger partial charge >= 0.3 is 29.6 Å². The molecule has 0 saturated heterocycles. The molecule has 0 amide bonds. The quantitative estimate of drug-likeness (QED) is 0.446. The van der Waals surface area contributed by atoms with Crippen LogP contribution in [0.25, 0.3) is 0 Å². The smallest absolute Gasteiger partial charge is 0.545 e. The molecule has 0 unspecified atom stereocenters. The molecule has 0 bridgehead atoms. The van der Waals surface area contributed by atoms with Gasteiger partial charge in [0.25, 0.3) is 0 Å². The van der Waals surface area contributed by atoms with Gasteiger partial charge in [-0.25, -0.2) is 0 Å². The standard InChI is InChI=1S/C7H9NO2.Na/c1-4-3-8-5(2)6(4)7(9)10;/h3,8H,1-2H3,(H,9,10);/q;+1/p-1. The minimum atomic E-state index is -1.11. The van der Waals surface area contributed by atoms with Crippen LogP contribution in [0.2, 0.25) is 0 Å². The Kier molecular flexibility index (Phi) is 3.86. The predicted molar refractivity (Wildman–Crippen MR) is 34.6 cm³/mol. The third-order valence-electron chi connectivity index (χ3n) is 1.48. The molecular weight excluding hydrogens is 153 g/mol. The summed E-state index contributed by atoms with van der Waals surface area (Å²) in [6.07, 6.45) is 1.65. The van der Waals surface area contributed by atoms with Gasteiger partial charge in [-0.2, -0.15) is 0 Å². The molecule has 1 N–H and O–H groups in total. The Bertz CT molecular complexity index is 248. The van der Waals surface area contributed by atoms with E-state index in [1.807, 2.05) is 0 Å². The molecule has 0 aliphatic heterocycles. The second kappa shape index (κ2) is 3.95. The number of aromatic nitrogens is 1. The van der Waals surface area contributed by atoms with Crippen LogP contribution >= 0.6 is 0 Å². The molecule has 1 rings (SSSR count). The molecular formula is C7H8NNaO2. The monoisotopic (exact) mass is 161 g/mol. The number of H-pyrrole nitrogens is 1. The summed E-state index contributed by atoms with van der Waals surface area (Å²) in [5.41, 5.74) is 1.65. The van der Waals surface area contributed by atoms with Crippen molar-refractivity contribution in [2.75, 3.05) is 0 Å². The Labute approximate surface area is 87.1 Å². The Balaban J connectivity index is 0.000001000. The fourth-order valence-corrected chi connectivity index (χ4v) is 0.971. The normalized spacial score (nSPS) is 8.91. The molecule has 3 nitrogen and oxygen atoms in total. The fourth-order valence-electron chi connectivity index (χ4n) is 0.971. The molecule has 0 atom stereocenters. The van der Waals surface area contributed by atoms with Crippen LogP contribution in [-0.4, -0.2) is 11.0 Å². The summed E-state index contributed by atoms with van der Waals surface area (Å²) < 4.78 is 0. The zero-order valence-corrected chi connectivity index (χ0v) is 8.89. The molecule has 0 aliphatic rings. The van der Waals surface area contributed by atoms with E-state index in [9.17, 15) is 9.90 Å². The van der Waals surface area contributed by atoms with E-state index in [4.69, 9.17) is 0 Å². The first-order valence-corrected chi connectivity index (χ1v) is 2.99. The Hall–Kier alpha value is -0.250. The van der Waals surface area contributed by atoms with E-state index < -0.39 is 5.97 Å². The third-order valence-corrected chi connectivity index (χ3v) is 1.48. The predicted octanol–water partition coefficient (Wildman–Crippen LogP) is -3.00. The second-order valence-corrected chi connectivity index (χ2v) is 2.26. The maximum Gasteiger partial charge on any atom is 1.00 e. The van der Waals surface area contributed by atoms with Crippen LogP contribution in [0.5, 0.6) is 0 Å². The number of aromatic amines is 1. The van der Waals surface area contributed by atoms with Gasteiger partial charge in [-0.15, -0.1) is 0 Å². The van der Waals surface area contributed by atoms with Crippen molar-refractivity contribution in [1.82, 2.24) is 4.98 Å². The van der Waals surface area contributed by atoms with Gasteiger partial charge in [0.15, 0.2) is 0 Å². The first-order valence-electron chi connectivity index (χ1n) is 2.99. The number of aromatic carboxylic acids is 1. The van der Waals surface area contributed by atoms with E-state index in [-0.39, 0.29) is 35.1 Å². The summed E-state index contributed by atoms with van der Waals surface area (Å²) in [5.74, 6) is -1.11. The van der Waals surface area contributed by atoms with Crippen molar-refractivity contribution in [1.29, 1.82) is 0 Å². The van der Waals surface area contributed by atoms with E-state index >= 15 is 0 Å². The minimum Gasteiger partial charge on any atom is -0.545 e. The molecule has 4 heteroatoms.